The van der Waals surface area contributed by atoms with Gasteiger partial charge in [0, 0.05) is 34.6 Å². The van der Waals surface area contributed by atoms with Gasteiger partial charge in [0.25, 0.3) is 0 Å². The Hall–Kier alpha value is -4.39. The Balaban J connectivity index is 1.62. The van der Waals surface area contributed by atoms with Gasteiger partial charge >= 0.3 is 0 Å². The monoisotopic (exact) mass is 450 g/mol. The van der Waals surface area contributed by atoms with Gasteiger partial charge in [0.05, 0.1) is 23.1 Å². The average molecular weight is 451 g/mol. The second-order valence-corrected chi connectivity index (χ2v) is 8.33. The van der Waals surface area contributed by atoms with Gasteiger partial charge in [0.15, 0.2) is 5.82 Å². The van der Waals surface area contributed by atoms with Crippen molar-refractivity contribution in [2.24, 2.45) is 0 Å². The Morgan fingerprint density at radius 2 is 1.85 bits per heavy atom. The lowest BCUT2D eigenvalue weighted by Gasteiger charge is -2.07. The van der Waals surface area contributed by atoms with Crippen LogP contribution in [0.5, 0.6) is 0 Å². The summed E-state index contributed by atoms with van der Waals surface area (Å²) in [4.78, 5) is 17.1. The van der Waals surface area contributed by atoms with Gasteiger partial charge in [-0.1, -0.05) is 24.8 Å². The van der Waals surface area contributed by atoms with Crippen molar-refractivity contribution < 1.29 is 4.39 Å². The minimum Gasteiger partial charge on any atom is -0.340 e. The zero-order valence-corrected chi connectivity index (χ0v) is 19.1. The molecule has 5 rings (SSSR count). The normalized spacial score (nSPS) is 11.8. The van der Waals surface area contributed by atoms with Crippen molar-refractivity contribution in [2.45, 2.75) is 20.8 Å². The SMILES string of the molecule is C=C/C=C(/c1cc(C)cc(F)c1)c1nc(-c2n[nH]c3cnc(-c4cncc(C)c4)cc23)[nH]c1C. The van der Waals surface area contributed by atoms with Crippen molar-refractivity contribution >= 4 is 16.5 Å². The van der Waals surface area contributed by atoms with E-state index < -0.39 is 0 Å². The maximum absolute atomic E-state index is 14.1. The van der Waals surface area contributed by atoms with E-state index in [-0.39, 0.29) is 5.82 Å². The lowest BCUT2D eigenvalue weighted by atomic mass is 9.99. The van der Waals surface area contributed by atoms with Gasteiger partial charge in [-0.3, -0.25) is 15.1 Å². The van der Waals surface area contributed by atoms with Crippen molar-refractivity contribution in [1.29, 1.82) is 0 Å². The van der Waals surface area contributed by atoms with Crippen molar-refractivity contribution in [3.63, 3.8) is 0 Å². The van der Waals surface area contributed by atoms with E-state index in [9.17, 15) is 4.39 Å². The first kappa shape index (κ1) is 21.5. The van der Waals surface area contributed by atoms with E-state index in [1.165, 1.54) is 12.1 Å². The predicted molar refractivity (Wildman–Crippen MR) is 133 cm³/mol. The molecule has 168 valence electrons. The summed E-state index contributed by atoms with van der Waals surface area (Å²) in [7, 11) is 0. The molecule has 7 heteroatoms. The smallest absolute Gasteiger partial charge is 0.159 e. The number of aryl methyl sites for hydroxylation is 3. The highest BCUT2D eigenvalue weighted by atomic mass is 19.1. The molecule has 0 amide bonds. The molecule has 1 aromatic carbocycles. The molecule has 0 saturated heterocycles. The number of nitrogens with zero attached hydrogens (tertiary/aromatic N) is 4. The van der Waals surface area contributed by atoms with Crippen molar-refractivity contribution in [2.75, 3.05) is 0 Å². The first-order valence-electron chi connectivity index (χ1n) is 10.9. The fourth-order valence-electron chi connectivity index (χ4n) is 4.11. The number of aromatic amines is 2. The van der Waals surface area contributed by atoms with Crippen LogP contribution in [0.2, 0.25) is 0 Å². The zero-order valence-electron chi connectivity index (χ0n) is 19.1. The molecule has 34 heavy (non-hydrogen) atoms. The minimum absolute atomic E-state index is 0.290. The number of benzene rings is 1. The highest BCUT2D eigenvalue weighted by Crippen LogP contribution is 2.32. The van der Waals surface area contributed by atoms with Crippen LogP contribution in [0.4, 0.5) is 4.39 Å². The zero-order chi connectivity index (χ0) is 23.8. The van der Waals surface area contributed by atoms with Gasteiger partial charge in [-0.2, -0.15) is 5.10 Å². The number of nitrogens with one attached hydrogen (secondary N) is 2. The van der Waals surface area contributed by atoms with Crippen LogP contribution >= 0.6 is 0 Å². The summed E-state index contributed by atoms with van der Waals surface area (Å²) in [6.45, 7) is 9.64. The number of fused-ring (bicyclic) bond motifs is 1. The lowest BCUT2D eigenvalue weighted by Crippen LogP contribution is -1.93. The maximum Gasteiger partial charge on any atom is 0.159 e. The summed E-state index contributed by atoms with van der Waals surface area (Å²) in [5.41, 5.74) is 8.20. The Morgan fingerprint density at radius 3 is 2.62 bits per heavy atom. The van der Waals surface area contributed by atoms with Gasteiger partial charge in [0.2, 0.25) is 0 Å². The lowest BCUT2D eigenvalue weighted by molar-refractivity contribution is 0.626. The summed E-state index contributed by atoms with van der Waals surface area (Å²) in [5.74, 6) is 0.323. The van der Waals surface area contributed by atoms with Crippen LogP contribution in [0.25, 0.3) is 39.3 Å². The van der Waals surface area contributed by atoms with Crippen LogP contribution in [0.3, 0.4) is 0 Å². The molecular weight excluding hydrogens is 427 g/mol. The topological polar surface area (TPSA) is 83.1 Å². The number of aromatic nitrogens is 6. The highest BCUT2D eigenvalue weighted by Gasteiger charge is 2.19. The van der Waals surface area contributed by atoms with E-state index in [1.54, 1.807) is 18.5 Å². The molecule has 0 aliphatic rings. The van der Waals surface area contributed by atoms with E-state index in [2.05, 4.69) is 31.7 Å². The summed E-state index contributed by atoms with van der Waals surface area (Å²) in [6, 6.07) is 8.98. The third-order valence-corrected chi connectivity index (χ3v) is 5.62. The molecule has 0 bridgehead atoms. The first-order valence-corrected chi connectivity index (χ1v) is 10.9. The number of H-pyrrole nitrogens is 2. The molecule has 0 unspecified atom stereocenters. The number of halogens is 1. The van der Waals surface area contributed by atoms with Crippen LogP contribution in [-0.2, 0) is 0 Å². The predicted octanol–water partition coefficient (Wildman–Crippen LogP) is 6.09. The number of imidazole rings is 1. The highest BCUT2D eigenvalue weighted by molar-refractivity contribution is 5.93. The number of hydrogen-bond acceptors (Lipinski definition) is 4. The molecule has 0 saturated carbocycles. The molecule has 6 nitrogen and oxygen atoms in total. The van der Waals surface area contributed by atoms with E-state index in [4.69, 9.17) is 4.98 Å². The Morgan fingerprint density at radius 1 is 1.00 bits per heavy atom. The molecule has 0 radical (unpaired) electrons. The third kappa shape index (κ3) is 3.92. The number of pyridine rings is 2. The Labute approximate surface area is 196 Å². The summed E-state index contributed by atoms with van der Waals surface area (Å²) >= 11 is 0. The fourth-order valence-corrected chi connectivity index (χ4v) is 4.11. The van der Waals surface area contributed by atoms with Crippen LogP contribution in [0, 0.1) is 26.6 Å². The summed E-state index contributed by atoms with van der Waals surface area (Å²) in [6.07, 6.45) is 8.90. The van der Waals surface area contributed by atoms with E-state index in [0.29, 0.717) is 17.2 Å². The van der Waals surface area contributed by atoms with Gasteiger partial charge in [0.1, 0.15) is 11.5 Å². The molecule has 5 aromatic rings. The molecule has 0 aliphatic heterocycles. The van der Waals surface area contributed by atoms with Gasteiger partial charge in [-0.05, 0) is 61.7 Å². The average Bonchev–Trinajstić information content (AvgIpc) is 3.39. The quantitative estimate of drug-likeness (QED) is 0.317. The van der Waals surface area contributed by atoms with Crippen LogP contribution in [0.1, 0.15) is 28.1 Å². The van der Waals surface area contributed by atoms with Crippen LogP contribution in [0.15, 0.2) is 67.7 Å². The third-order valence-electron chi connectivity index (χ3n) is 5.62. The fraction of sp³-hybridized carbons (Fsp3) is 0.111. The molecule has 0 fully saturated rings. The van der Waals surface area contributed by atoms with E-state index >= 15 is 0 Å². The van der Waals surface area contributed by atoms with Crippen molar-refractivity contribution in [1.82, 2.24) is 30.1 Å². The molecular formula is C27H23FN6. The molecule has 0 atom stereocenters. The molecule has 0 spiro atoms. The van der Waals surface area contributed by atoms with Gasteiger partial charge in [-0.15, -0.1) is 0 Å². The number of rotatable bonds is 5. The summed E-state index contributed by atoms with van der Waals surface area (Å²) < 4.78 is 14.1. The molecule has 0 aliphatic carbocycles. The largest absolute Gasteiger partial charge is 0.340 e. The number of hydrogen-bond donors (Lipinski definition) is 2. The maximum atomic E-state index is 14.1. The standard InChI is InChI=1S/C27H23FN6/c1-5-6-21(18-7-15(2)9-20(28)10-18)25-17(4)31-27(32-25)26-22-11-23(30-14-24(22)33-34-26)19-8-16(3)12-29-13-19/h5-14H,1H2,2-4H3,(H,31,32)(H,33,34)/b21-6-. The molecule has 4 aromatic heterocycles. The van der Waals surface area contributed by atoms with Gasteiger partial charge in [-0.25, -0.2) is 9.37 Å². The van der Waals surface area contributed by atoms with Crippen LogP contribution in [-0.4, -0.2) is 30.1 Å². The molecule has 4 heterocycles. The Bertz CT molecular complexity index is 1550. The van der Waals surface area contributed by atoms with Crippen molar-refractivity contribution in [3.05, 3.63) is 102 Å². The molecule has 2 N–H and O–H groups in total. The minimum atomic E-state index is -0.290. The van der Waals surface area contributed by atoms with Crippen LogP contribution < -0.4 is 0 Å². The first-order chi connectivity index (χ1) is 16.4. The van der Waals surface area contributed by atoms with E-state index in [0.717, 1.165) is 50.1 Å². The van der Waals surface area contributed by atoms with Gasteiger partial charge < -0.3 is 4.98 Å². The second kappa shape index (κ2) is 8.51. The summed E-state index contributed by atoms with van der Waals surface area (Å²) in [5, 5.41) is 8.43. The number of allylic oxidation sites excluding steroid dienone is 2. The van der Waals surface area contributed by atoms with E-state index in [1.807, 2.05) is 51.2 Å². The van der Waals surface area contributed by atoms with Crippen molar-refractivity contribution in [3.8, 4) is 22.8 Å². The Kier molecular flexibility index (Phi) is 5.37. The second-order valence-electron chi connectivity index (χ2n) is 8.33.